The van der Waals surface area contributed by atoms with Crippen LogP contribution in [-0.2, 0) is 6.54 Å². The van der Waals surface area contributed by atoms with Crippen molar-refractivity contribution in [1.29, 1.82) is 0 Å². The second-order valence-corrected chi connectivity index (χ2v) is 5.31. The van der Waals surface area contributed by atoms with Gasteiger partial charge in [-0.05, 0) is 12.5 Å². The van der Waals surface area contributed by atoms with Crippen molar-refractivity contribution in [2.75, 3.05) is 18.5 Å². The number of aromatic nitrogens is 2. The van der Waals surface area contributed by atoms with Gasteiger partial charge in [-0.2, -0.15) is 0 Å². The summed E-state index contributed by atoms with van der Waals surface area (Å²) in [5.74, 6) is 0.0133. The number of carbonyl (C=O) groups excluding carboxylic acids is 1. The molecule has 0 spiro atoms. The summed E-state index contributed by atoms with van der Waals surface area (Å²) in [5, 5.41) is 2.64. The monoisotopic (exact) mass is 316 g/mol. The van der Waals surface area contributed by atoms with Gasteiger partial charge in [0.2, 0.25) is 0 Å². The van der Waals surface area contributed by atoms with Crippen molar-refractivity contribution in [3.63, 3.8) is 0 Å². The molecule has 0 fully saturated rings. The highest BCUT2D eigenvalue weighted by Crippen LogP contribution is 2.09. The van der Waals surface area contributed by atoms with E-state index in [4.69, 9.17) is 0 Å². The fourth-order valence-electron chi connectivity index (χ4n) is 2.05. The quantitative estimate of drug-likeness (QED) is 0.853. The Hall–Kier alpha value is -2.50. The molecule has 0 bridgehead atoms. The molecule has 0 saturated heterocycles. The van der Waals surface area contributed by atoms with Crippen molar-refractivity contribution in [3.8, 4) is 0 Å². The molecule has 2 rings (SSSR count). The summed E-state index contributed by atoms with van der Waals surface area (Å²) in [7, 11) is 1.94. The summed E-state index contributed by atoms with van der Waals surface area (Å²) in [4.78, 5) is 22.4. The first-order valence-electron chi connectivity index (χ1n) is 7.66. The van der Waals surface area contributed by atoms with Gasteiger partial charge in [0.15, 0.2) is 0 Å². The maximum atomic E-state index is 13.5. The lowest BCUT2D eigenvalue weighted by molar-refractivity contribution is 0.0945. The molecular formula is C17H21FN4O. The number of hydrogen-bond acceptors (Lipinski definition) is 4. The van der Waals surface area contributed by atoms with Gasteiger partial charge in [-0.25, -0.2) is 14.4 Å². The number of carbonyl (C=O) groups is 1. The van der Waals surface area contributed by atoms with Gasteiger partial charge in [0.05, 0.1) is 12.4 Å². The first kappa shape index (κ1) is 16.9. The Kier molecular flexibility index (Phi) is 6.02. The van der Waals surface area contributed by atoms with Crippen LogP contribution in [0.2, 0.25) is 0 Å². The van der Waals surface area contributed by atoms with Gasteiger partial charge in [-0.15, -0.1) is 0 Å². The van der Waals surface area contributed by atoms with Crippen molar-refractivity contribution >= 4 is 11.7 Å². The fourth-order valence-corrected chi connectivity index (χ4v) is 2.05. The molecule has 6 heteroatoms. The fraction of sp³-hybridized carbons (Fsp3) is 0.353. The third-order valence-corrected chi connectivity index (χ3v) is 3.51. The molecule has 1 aromatic carbocycles. The molecule has 0 aliphatic rings. The maximum Gasteiger partial charge on any atom is 0.271 e. The minimum atomic E-state index is -0.372. The molecule has 1 heterocycles. The number of hydrogen-bond donors (Lipinski definition) is 1. The lowest BCUT2D eigenvalue weighted by atomic mass is 10.2. The highest BCUT2D eigenvalue weighted by atomic mass is 19.1. The zero-order valence-corrected chi connectivity index (χ0v) is 13.4. The highest BCUT2D eigenvalue weighted by molar-refractivity contribution is 5.91. The third kappa shape index (κ3) is 4.74. The van der Waals surface area contributed by atoms with Crippen molar-refractivity contribution in [1.82, 2.24) is 15.3 Å². The smallest absolute Gasteiger partial charge is 0.271 e. The average Bonchev–Trinajstić information content (AvgIpc) is 2.59. The molecule has 122 valence electrons. The summed E-state index contributed by atoms with van der Waals surface area (Å²) in [6, 6.07) is 6.33. The van der Waals surface area contributed by atoms with Crippen LogP contribution in [0.4, 0.5) is 10.2 Å². The molecular weight excluding hydrogens is 295 g/mol. The van der Waals surface area contributed by atoms with E-state index in [9.17, 15) is 9.18 Å². The van der Waals surface area contributed by atoms with Gasteiger partial charge in [-0.3, -0.25) is 4.79 Å². The maximum absolute atomic E-state index is 13.5. The number of amides is 1. The molecule has 0 radical (unpaired) electrons. The summed E-state index contributed by atoms with van der Waals surface area (Å²) in [6.07, 6.45) is 5.19. The first-order valence-corrected chi connectivity index (χ1v) is 7.66. The van der Waals surface area contributed by atoms with E-state index in [0.717, 1.165) is 25.2 Å². The molecule has 23 heavy (non-hydrogen) atoms. The predicted octanol–water partition coefficient (Wildman–Crippen LogP) is 2.78. The van der Waals surface area contributed by atoms with E-state index < -0.39 is 0 Å². The molecule has 0 saturated carbocycles. The molecule has 0 atom stereocenters. The van der Waals surface area contributed by atoms with Gasteiger partial charge >= 0.3 is 0 Å². The van der Waals surface area contributed by atoms with Crippen LogP contribution in [0, 0.1) is 5.82 Å². The van der Waals surface area contributed by atoms with Crippen molar-refractivity contribution < 1.29 is 9.18 Å². The van der Waals surface area contributed by atoms with E-state index in [-0.39, 0.29) is 24.0 Å². The van der Waals surface area contributed by atoms with E-state index in [0.29, 0.717) is 5.56 Å². The van der Waals surface area contributed by atoms with Gasteiger partial charge < -0.3 is 10.2 Å². The third-order valence-electron chi connectivity index (χ3n) is 3.51. The highest BCUT2D eigenvalue weighted by Gasteiger charge is 2.10. The summed E-state index contributed by atoms with van der Waals surface area (Å²) in [5.41, 5.74) is 0.652. The Balaban J connectivity index is 1.94. The Morgan fingerprint density at radius 2 is 2.04 bits per heavy atom. The number of halogens is 1. The Morgan fingerprint density at radius 1 is 1.26 bits per heavy atom. The molecule has 5 nitrogen and oxygen atoms in total. The van der Waals surface area contributed by atoms with Crippen LogP contribution in [0.3, 0.4) is 0 Å². The van der Waals surface area contributed by atoms with E-state index >= 15 is 0 Å². The minimum Gasteiger partial charge on any atom is -0.358 e. The van der Waals surface area contributed by atoms with E-state index in [1.807, 2.05) is 11.9 Å². The Morgan fingerprint density at radius 3 is 2.70 bits per heavy atom. The van der Waals surface area contributed by atoms with Crippen molar-refractivity contribution in [2.45, 2.75) is 26.3 Å². The first-order chi connectivity index (χ1) is 11.1. The number of unbranched alkanes of at least 4 members (excludes halogenated alkanes) is 1. The lowest BCUT2D eigenvalue weighted by Gasteiger charge is -2.17. The molecule has 0 aliphatic heterocycles. The number of rotatable bonds is 7. The van der Waals surface area contributed by atoms with Crippen LogP contribution in [0.25, 0.3) is 0 Å². The zero-order chi connectivity index (χ0) is 16.7. The second kappa shape index (κ2) is 8.22. The Labute approximate surface area is 135 Å². The van der Waals surface area contributed by atoms with E-state index in [1.54, 1.807) is 24.4 Å². The van der Waals surface area contributed by atoms with Crippen LogP contribution in [-0.4, -0.2) is 29.5 Å². The van der Waals surface area contributed by atoms with E-state index in [2.05, 4.69) is 22.2 Å². The van der Waals surface area contributed by atoms with Crippen LogP contribution < -0.4 is 10.2 Å². The van der Waals surface area contributed by atoms with Gasteiger partial charge in [0.25, 0.3) is 5.91 Å². The summed E-state index contributed by atoms with van der Waals surface area (Å²) >= 11 is 0. The van der Waals surface area contributed by atoms with E-state index in [1.165, 1.54) is 12.3 Å². The standard InChI is InChI=1S/C17H21FN4O/c1-3-4-9-22(2)16-12-19-15(11-20-16)17(23)21-10-13-7-5-6-8-14(13)18/h5-8,11-12H,3-4,9-10H2,1-2H3,(H,21,23). The van der Waals surface area contributed by atoms with Crippen molar-refractivity contribution in [2.24, 2.45) is 0 Å². The largest absolute Gasteiger partial charge is 0.358 e. The molecule has 0 aliphatic carbocycles. The summed E-state index contributed by atoms with van der Waals surface area (Å²) < 4.78 is 13.5. The SMILES string of the molecule is CCCCN(C)c1cnc(C(=O)NCc2ccccc2F)cn1. The van der Waals surface area contributed by atoms with Gasteiger partial charge in [0.1, 0.15) is 17.3 Å². The Bertz CT molecular complexity index is 645. The molecule has 2 aromatic rings. The van der Waals surface area contributed by atoms with Gasteiger partial charge in [-0.1, -0.05) is 31.5 Å². The number of benzene rings is 1. The normalized spacial score (nSPS) is 10.4. The van der Waals surface area contributed by atoms with Gasteiger partial charge in [0, 0.05) is 25.7 Å². The molecule has 1 aromatic heterocycles. The molecule has 0 unspecified atom stereocenters. The van der Waals surface area contributed by atoms with Crippen LogP contribution in [0.15, 0.2) is 36.7 Å². The molecule has 1 amide bonds. The predicted molar refractivity (Wildman–Crippen MR) is 87.8 cm³/mol. The molecule has 1 N–H and O–H groups in total. The van der Waals surface area contributed by atoms with Crippen molar-refractivity contribution in [3.05, 3.63) is 53.7 Å². The van der Waals surface area contributed by atoms with Crippen LogP contribution in [0.5, 0.6) is 0 Å². The minimum absolute atomic E-state index is 0.116. The van der Waals surface area contributed by atoms with Crippen LogP contribution >= 0.6 is 0 Å². The number of nitrogens with zero attached hydrogens (tertiary/aromatic N) is 3. The topological polar surface area (TPSA) is 58.1 Å². The zero-order valence-electron chi connectivity index (χ0n) is 13.4. The number of nitrogens with one attached hydrogen (secondary N) is 1. The summed E-state index contributed by atoms with van der Waals surface area (Å²) in [6.45, 7) is 3.14. The lowest BCUT2D eigenvalue weighted by Crippen LogP contribution is -2.25. The second-order valence-electron chi connectivity index (χ2n) is 5.31. The average molecular weight is 316 g/mol. The number of anilines is 1. The van der Waals surface area contributed by atoms with Crippen LogP contribution in [0.1, 0.15) is 35.8 Å².